The number of carboxylic acid groups (broad SMARTS) is 1. The molecular formula is C20H32O5. The molecule has 0 unspecified atom stereocenters. The number of unbranched alkanes of at least 4 members (excludes halogenated alkanes) is 2. The van der Waals surface area contributed by atoms with E-state index in [0.29, 0.717) is 19.3 Å². The minimum Gasteiger partial charge on any atom is -0.481 e. The fraction of sp³-hybridized carbons (Fsp3) is 0.550. The molecule has 0 bridgehead atoms. The molecular weight excluding hydrogens is 320 g/mol. The molecule has 0 aliphatic rings. The van der Waals surface area contributed by atoms with Crippen molar-refractivity contribution in [1.29, 1.82) is 0 Å². The zero-order chi connectivity index (χ0) is 18.9. The van der Waals surface area contributed by atoms with E-state index in [4.69, 9.17) is 5.11 Å². The largest absolute Gasteiger partial charge is 0.481 e. The number of rotatable bonds is 14. The quantitative estimate of drug-likeness (QED) is 0.284. The standard InChI is InChI=1S/C20H32O5/c1-2-3-8-14-18(22)19(23)15-10-7-5-4-6-9-12-17(21)13-11-16-20(24)25/h4-7,9-10,12,15,17-19,21-23H,2-3,8,11,13-14,16H2,1H3,(H,24,25)/t17-,18+,19+/m1/s1. The lowest BCUT2D eigenvalue weighted by atomic mass is 10.1. The Balaban J connectivity index is 3.96. The number of aliphatic hydroxyl groups excluding tert-OH is 3. The molecule has 0 spiro atoms. The molecule has 5 heteroatoms. The Kier molecular flexibility index (Phi) is 14.7. The molecule has 0 heterocycles. The maximum atomic E-state index is 10.4. The first-order valence-corrected chi connectivity index (χ1v) is 8.91. The summed E-state index contributed by atoms with van der Waals surface area (Å²) in [4.78, 5) is 10.4. The smallest absolute Gasteiger partial charge is 0.303 e. The number of aliphatic carboxylic acids is 1. The van der Waals surface area contributed by atoms with Gasteiger partial charge in [-0.05, 0) is 19.3 Å². The molecule has 0 saturated heterocycles. The predicted molar refractivity (Wildman–Crippen MR) is 100 cm³/mol. The first-order chi connectivity index (χ1) is 12.0. The van der Waals surface area contributed by atoms with Crippen LogP contribution in [-0.2, 0) is 4.79 Å². The third-order valence-electron chi connectivity index (χ3n) is 3.59. The molecule has 0 radical (unpaired) electrons. The van der Waals surface area contributed by atoms with E-state index >= 15 is 0 Å². The van der Waals surface area contributed by atoms with Crippen LogP contribution in [0.15, 0.2) is 48.6 Å². The van der Waals surface area contributed by atoms with E-state index in [0.717, 1.165) is 19.3 Å². The van der Waals surface area contributed by atoms with E-state index in [1.165, 1.54) is 0 Å². The molecule has 0 rings (SSSR count). The van der Waals surface area contributed by atoms with Gasteiger partial charge >= 0.3 is 5.97 Å². The highest BCUT2D eigenvalue weighted by molar-refractivity contribution is 5.66. The van der Waals surface area contributed by atoms with Gasteiger partial charge in [0, 0.05) is 6.42 Å². The maximum Gasteiger partial charge on any atom is 0.303 e. The highest BCUT2D eigenvalue weighted by Crippen LogP contribution is 2.07. The van der Waals surface area contributed by atoms with Gasteiger partial charge < -0.3 is 20.4 Å². The Labute approximate surface area is 150 Å². The van der Waals surface area contributed by atoms with Crippen LogP contribution in [0, 0.1) is 0 Å². The van der Waals surface area contributed by atoms with E-state index in [9.17, 15) is 20.1 Å². The van der Waals surface area contributed by atoms with Crippen molar-refractivity contribution < 1.29 is 25.2 Å². The Hall–Kier alpha value is -1.69. The van der Waals surface area contributed by atoms with Crippen LogP contribution in [0.2, 0.25) is 0 Å². The summed E-state index contributed by atoms with van der Waals surface area (Å²) in [5, 5.41) is 37.6. The lowest BCUT2D eigenvalue weighted by molar-refractivity contribution is -0.137. The maximum absolute atomic E-state index is 10.4. The third kappa shape index (κ3) is 15.6. The molecule has 142 valence electrons. The summed E-state index contributed by atoms with van der Waals surface area (Å²) in [6.45, 7) is 2.09. The summed E-state index contributed by atoms with van der Waals surface area (Å²) in [5.74, 6) is -0.854. The van der Waals surface area contributed by atoms with Gasteiger partial charge in [0.25, 0.3) is 0 Å². The van der Waals surface area contributed by atoms with Crippen molar-refractivity contribution in [3.8, 4) is 0 Å². The minimum atomic E-state index is -0.855. The Bertz CT molecular complexity index is 451. The molecule has 25 heavy (non-hydrogen) atoms. The van der Waals surface area contributed by atoms with Crippen LogP contribution in [0.5, 0.6) is 0 Å². The van der Waals surface area contributed by atoms with Gasteiger partial charge in [-0.3, -0.25) is 4.79 Å². The molecule has 0 fully saturated rings. The van der Waals surface area contributed by atoms with E-state index in [2.05, 4.69) is 6.92 Å². The first-order valence-electron chi connectivity index (χ1n) is 8.91. The molecule has 0 aromatic heterocycles. The summed E-state index contributed by atoms with van der Waals surface area (Å²) >= 11 is 0. The Morgan fingerprint density at radius 2 is 1.44 bits per heavy atom. The first kappa shape index (κ1) is 23.3. The highest BCUT2D eigenvalue weighted by atomic mass is 16.4. The van der Waals surface area contributed by atoms with Gasteiger partial charge in [-0.25, -0.2) is 0 Å². The summed E-state index contributed by atoms with van der Waals surface area (Å²) < 4.78 is 0. The highest BCUT2D eigenvalue weighted by Gasteiger charge is 2.11. The van der Waals surface area contributed by atoms with Crippen LogP contribution in [-0.4, -0.2) is 44.7 Å². The molecule has 0 aromatic carbocycles. The SMILES string of the molecule is CCCCC[C@H](O)[C@@H](O)C=CC=CC=CC=C[C@@H](O)CCCC(=O)O. The average Bonchev–Trinajstić information content (AvgIpc) is 2.56. The van der Waals surface area contributed by atoms with Gasteiger partial charge in [-0.15, -0.1) is 0 Å². The number of hydrogen-bond donors (Lipinski definition) is 4. The van der Waals surface area contributed by atoms with E-state index in [1.807, 2.05) is 0 Å². The van der Waals surface area contributed by atoms with Crippen molar-refractivity contribution in [1.82, 2.24) is 0 Å². The molecule has 0 aliphatic carbocycles. The Morgan fingerprint density at radius 3 is 2.04 bits per heavy atom. The molecule has 3 atom stereocenters. The second-order valence-electron chi connectivity index (χ2n) is 5.95. The Morgan fingerprint density at radius 1 is 0.840 bits per heavy atom. The molecule has 0 saturated carbocycles. The second kappa shape index (κ2) is 15.8. The zero-order valence-corrected chi connectivity index (χ0v) is 15.0. The summed E-state index contributed by atoms with van der Waals surface area (Å²) in [7, 11) is 0. The van der Waals surface area contributed by atoms with E-state index < -0.39 is 24.3 Å². The fourth-order valence-corrected chi connectivity index (χ4v) is 2.09. The van der Waals surface area contributed by atoms with Crippen molar-refractivity contribution in [2.45, 2.75) is 70.2 Å². The van der Waals surface area contributed by atoms with Crippen molar-refractivity contribution >= 4 is 5.97 Å². The van der Waals surface area contributed by atoms with Crippen LogP contribution in [0.25, 0.3) is 0 Å². The van der Waals surface area contributed by atoms with Crippen molar-refractivity contribution in [2.75, 3.05) is 0 Å². The zero-order valence-electron chi connectivity index (χ0n) is 15.0. The number of carboxylic acids is 1. The molecule has 0 aliphatic heterocycles. The molecule has 4 N–H and O–H groups in total. The molecule has 5 nitrogen and oxygen atoms in total. The predicted octanol–water partition coefficient (Wildman–Crippen LogP) is 3.13. The second-order valence-corrected chi connectivity index (χ2v) is 5.95. The van der Waals surface area contributed by atoms with Crippen LogP contribution >= 0.6 is 0 Å². The number of hydrogen-bond acceptors (Lipinski definition) is 4. The van der Waals surface area contributed by atoms with Gasteiger partial charge in [0.05, 0.1) is 18.3 Å². The number of aliphatic hydroxyl groups is 3. The van der Waals surface area contributed by atoms with E-state index in [-0.39, 0.29) is 6.42 Å². The molecule has 0 aromatic rings. The minimum absolute atomic E-state index is 0.0644. The van der Waals surface area contributed by atoms with Crippen molar-refractivity contribution in [3.05, 3.63) is 48.6 Å². The molecule has 0 amide bonds. The average molecular weight is 352 g/mol. The van der Waals surface area contributed by atoms with Crippen molar-refractivity contribution in [2.24, 2.45) is 0 Å². The fourth-order valence-electron chi connectivity index (χ4n) is 2.09. The summed E-state index contributed by atoms with van der Waals surface area (Å²) in [5.41, 5.74) is 0. The van der Waals surface area contributed by atoms with Crippen LogP contribution < -0.4 is 0 Å². The van der Waals surface area contributed by atoms with Gasteiger partial charge in [0.15, 0.2) is 0 Å². The van der Waals surface area contributed by atoms with Crippen LogP contribution in [0.4, 0.5) is 0 Å². The topological polar surface area (TPSA) is 98.0 Å². The van der Waals surface area contributed by atoms with Gasteiger partial charge in [0.2, 0.25) is 0 Å². The van der Waals surface area contributed by atoms with Crippen LogP contribution in [0.3, 0.4) is 0 Å². The van der Waals surface area contributed by atoms with E-state index in [1.54, 1.807) is 48.6 Å². The number of allylic oxidation sites excluding steroid dienone is 6. The van der Waals surface area contributed by atoms with Crippen LogP contribution in [0.1, 0.15) is 51.9 Å². The lowest BCUT2D eigenvalue weighted by Crippen LogP contribution is -2.23. The normalized spacial score (nSPS) is 16.3. The summed E-state index contributed by atoms with van der Waals surface area (Å²) in [6, 6.07) is 0. The van der Waals surface area contributed by atoms with Gasteiger partial charge in [-0.2, -0.15) is 0 Å². The monoisotopic (exact) mass is 352 g/mol. The third-order valence-corrected chi connectivity index (χ3v) is 3.59. The van der Waals surface area contributed by atoms with Crippen molar-refractivity contribution in [3.63, 3.8) is 0 Å². The number of carbonyl (C=O) groups is 1. The van der Waals surface area contributed by atoms with Gasteiger partial charge in [-0.1, -0.05) is 74.8 Å². The summed E-state index contributed by atoms with van der Waals surface area (Å²) in [6.07, 6.45) is 16.0. The lowest BCUT2D eigenvalue weighted by Gasteiger charge is -2.13. The van der Waals surface area contributed by atoms with Gasteiger partial charge in [0.1, 0.15) is 0 Å².